The molecule has 1 N–H and O–H groups in total. The van der Waals surface area contributed by atoms with Gasteiger partial charge in [0.25, 0.3) is 10.2 Å². The topological polar surface area (TPSA) is 86.8 Å². The molecule has 2 aromatic carbocycles. The number of hydrogen-bond donors (Lipinski definition) is 1. The first-order valence-corrected chi connectivity index (χ1v) is 13.5. The maximum absolute atomic E-state index is 13.2. The zero-order chi connectivity index (χ0) is 24.3. The zero-order valence-electron chi connectivity index (χ0n) is 19.2. The van der Waals surface area contributed by atoms with E-state index in [0.717, 1.165) is 12.8 Å². The minimum Gasteiger partial charge on any atom is -0.325 e. The summed E-state index contributed by atoms with van der Waals surface area (Å²) in [6, 6.07) is 13.6. The molecule has 0 aromatic heterocycles. The standard InChI is InChI=1S/C25H30ClN3O4S/c1-18-11-14-28(15-12-18)34(32,33)29-13-5-8-20(17-29)25(31)27-23-10-9-21(26)16-22(23)24(30)19-6-3-2-4-7-19/h2-4,6-7,9-10,16,18,20H,5,8,11-15,17H2,1H3,(H,27,31)/t20-/m1/s1. The van der Waals surface area contributed by atoms with E-state index in [1.54, 1.807) is 46.8 Å². The Bertz CT molecular complexity index is 1150. The van der Waals surface area contributed by atoms with Crippen molar-refractivity contribution in [3.63, 3.8) is 0 Å². The van der Waals surface area contributed by atoms with E-state index in [1.165, 1.54) is 4.31 Å². The lowest BCUT2D eigenvalue weighted by molar-refractivity contribution is -0.120. The van der Waals surface area contributed by atoms with E-state index in [2.05, 4.69) is 12.2 Å². The van der Waals surface area contributed by atoms with Crippen LogP contribution in [-0.4, -0.2) is 54.9 Å². The van der Waals surface area contributed by atoms with Gasteiger partial charge in [0, 0.05) is 42.3 Å². The number of carbonyl (C=O) groups excluding carboxylic acids is 2. The van der Waals surface area contributed by atoms with Gasteiger partial charge in [0.1, 0.15) is 0 Å². The van der Waals surface area contributed by atoms with Crippen molar-refractivity contribution in [2.24, 2.45) is 11.8 Å². The average Bonchev–Trinajstić information content (AvgIpc) is 2.85. The molecule has 1 atom stereocenters. The minimum absolute atomic E-state index is 0.135. The van der Waals surface area contributed by atoms with Crippen LogP contribution in [0.3, 0.4) is 0 Å². The first-order chi connectivity index (χ1) is 16.3. The van der Waals surface area contributed by atoms with Gasteiger partial charge in [0.2, 0.25) is 5.91 Å². The average molecular weight is 504 g/mol. The molecule has 2 fully saturated rings. The van der Waals surface area contributed by atoms with Gasteiger partial charge in [-0.3, -0.25) is 9.59 Å². The van der Waals surface area contributed by atoms with Crippen LogP contribution in [0.1, 0.15) is 48.5 Å². The number of ketones is 1. The third-order valence-corrected chi connectivity index (χ3v) is 8.91. The molecule has 0 unspecified atom stereocenters. The summed E-state index contributed by atoms with van der Waals surface area (Å²) in [4.78, 5) is 26.2. The Kier molecular flexibility index (Phi) is 7.72. The number of piperidine rings is 2. The third-order valence-electron chi connectivity index (χ3n) is 6.67. The SMILES string of the molecule is CC1CCN(S(=O)(=O)N2CCC[C@@H](C(=O)Nc3ccc(Cl)cc3C(=O)c3ccccc3)C2)CC1. The molecule has 2 aliphatic rings. The van der Waals surface area contributed by atoms with Crippen molar-refractivity contribution >= 4 is 39.2 Å². The van der Waals surface area contributed by atoms with E-state index in [0.29, 0.717) is 60.2 Å². The minimum atomic E-state index is -3.60. The normalized spacial score (nSPS) is 20.7. The number of benzene rings is 2. The van der Waals surface area contributed by atoms with E-state index in [9.17, 15) is 18.0 Å². The van der Waals surface area contributed by atoms with E-state index in [1.807, 2.05) is 6.07 Å². The highest BCUT2D eigenvalue weighted by molar-refractivity contribution is 7.86. The van der Waals surface area contributed by atoms with Crippen molar-refractivity contribution in [3.8, 4) is 0 Å². The van der Waals surface area contributed by atoms with Gasteiger partial charge in [-0.25, -0.2) is 0 Å². The molecule has 0 aliphatic carbocycles. The first kappa shape index (κ1) is 24.9. The van der Waals surface area contributed by atoms with Crippen molar-refractivity contribution in [1.29, 1.82) is 0 Å². The molecule has 2 aliphatic heterocycles. The van der Waals surface area contributed by atoms with Crippen molar-refractivity contribution in [2.45, 2.75) is 32.6 Å². The number of amides is 1. The lowest BCUT2D eigenvalue weighted by Gasteiger charge is -2.37. The fourth-order valence-electron chi connectivity index (χ4n) is 4.54. The summed E-state index contributed by atoms with van der Waals surface area (Å²) < 4.78 is 29.3. The summed E-state index contributed by atoms with van der Waals surface area (Å²) in [5, 5.41) is 3.25. The second-order valence-corrected chi connectivity index (χ2v) is 11.5. The predicted octanol–water partition coefficient (Wildman–Crippen LogP) is 4.20. The number of halogens is 1. The van der Waals surface area contributed by atoms with Gasteiger partial charge in [-0.2, -0.15) is 17.0 Å². The van der Waals surface area contributed by atoms with Gasteiger partial charge in [0.05, 0.1) is 11.6 Å². The Labute approximate surface area is 206 Å². The first-order valence-electron chi connectivity index (χ1n) is 11.7. The van der Waals surface area contributed by atoms with Crippen LogP contribution in [0.5, 0.6) is 0 Å². The maximum Gasteiger partial charge on any atom is 0.281 e. The van der Waals surface area contributed by atoms with E-state index in [4.69, 9.17) is 11.6 Å². The van der Waals surface area contributed by atoms with Gasteiger partial charge in [-0.1, -0.05) is 48.9 Å². The maximum atomic E-state index is 13.2. The predicted molar refractivity (Wildman–Crippen MR) is 133 cm³/mol. The Morgan fingerprint density at radius 1 is 0.971 bits per heavy atom. The Morgan fingerprint density at radius 3 is 2.38 bits per heavy atom. The molecule has 4 rings (SSSR count). The highest BCUT2D eigenvalue weighted by Crippen LogP contribution is 2.28. The third kappa shape index (κ3) is 5.51. The molecule has 0 spiro atoms. The summed E-state index contributed by atoms with van der Waals surface area (Å²) in [7, 11) is -3.60. The second kappa shape index (κ2) is 10.6. The summed E-state index contributed by atoms with van der Waals surface area (Å²) in [5.74, 6) is -0.511. The number of rotatable bonds is 6. The molecule has 0 radical (unpaired) electrons. The Hall–Kier alpha value is -2.26. The lowest BCUT2D eigenvalue weighted by Crippen LogP contribution is -2.51. The van der Waals surface area contributed by atoms with Crippen LogP contribution in [0.25, 0.3) is 0 Å². The molecule has 0 saturated carbocycles. The number of hydrogen-bond acceptors (Lipinski definition) is 4. The van der Waals surface area contributed by atoms with Crippen LogP contribution in [-0.2, 0) is 15.0 Å². The lowest BCUT2D eigenvalue weighted by atomic mass is 9.97. The molecule has 2 saturated heterocycles. The van der Waals surface area contributed by atoms with E-state index < -0.39 is 16.1 Å². The van der Waals surface area contributed by atoms with Crippen molar-refractivity contribution in [1.82, 2.24) is 8.61 Å². The molecule has 7 nitrogen and oxygen atoms in total. The van der Waals surface area contributed by atoms with Crippen LogP contribution in [0.4, 0.5) is 5.69 Å². The van der Waals surface area contributed by atoms with Crippen molar-refractivity contribution < 1.29 is 18.0 Å². The molecule has 0 bridgehead atoms. The van der Waals surface area contributed by atoms with Crippen LogP contribution in [0.15, 0.2) is 48.5 Å². The number of nitrogens with zero attached hydrogens (tertiary/aromatic N) is 2. The molecule has 1 amide bonds. The Balaban J connectivity index is 1.48. The highest BCUT2D eigenvalue weighted by atomic mass is 35.5. The summed E-state index contributed by atoms with van der Waals surface area (Å²) in [6.07, 6.45) is 2.90. The number of nitrogens with one attached hydrogen (secondary N) is 1. The van der Waals surface area contributed by atoms with Crippen molar-refractivity contribution in [3.05, 3.63) is 64.7 Å². The van der Waals surface area contributed by atoms with E-state index >= 15 is 0 Å². The molecular formula is C25H30ClN3O4S. The summed E-state index contributed by atoms with van der Waals surface area (Å²) in [5.41, 5.74) is 1.16. The Morgan fingerprint density at radius 2 is 1.68 bits per heavy atom. The van der Waals surface area contributed by atoms with Crippen LogP contribution >= 0.6 is 11.6 Å². The van der Waals surface area contributed by atoms with Crippen LogP contribution in [0.2, 0.25) is 5.02 Å². The van der Waals surface area contributed by atoms with Gasteiger partial charge >= 0.3 is 0 Å². The fraction of sp³-hybridized carbons (Fsp3) is 0.440. The smallest absolute Gasteiger partial charge is 0.281 e. The fourth-order valence-corrected chi connectivity index (χ4v) is 6.44. The van der Waals surface area contributed by atoms with Gasteiger partial charge in [0.15, 0.2) is 5.78 Å². The van der Waals surface area contributed by atoms with Gasteiger partial charge in [-0.05, 0) is 49.8 Å². The van der Waals surface area contributed by atoms with Crippen LogP contribution < -0.4 is 5.32 Å². The molecule has 34 heavy (non-hydrogen) atoms. The molecule has 2 heterocycles. The number of anilines is 1. The van der Waals surface area contributed by atoms with E-state index in [-0.39, 0.29) is 18.2 Å². The zero-order valence-corrected chi connectivity index (χ0v) is 20.8. The number of carbonyl (C=O) groups is 2. The van der Waals surface area contributed by atoms with Gasteiger partial charge < -0.3 is 5.32 Å². The monoisotopic (exact) mass is 503 g/mol. The molecule has 9 heteroatoms. The second-order valence-electron chi connectivity index (χ2n) is 9.16. The molecular weight excluding hydrogens is 474 g/mol. The molecule has 2 aromatic rings. The van der Waals surface area contributed by atoms with Crippen LogP contribution in [0, 0.1) is 11.8 Å². The van der Waals surface area contributed by atoms with Crippen molar-refractivity contribution in [2.75, 3.05) is 31.5 Å². The highest BCUT2D eigenvalue weighted by Gasteiger charge is 2.37. The molecule has 182 valence electrons. The van der Waals surface area contributed by atoms with Gasteiger partial charge in [-0.15, -0.1) is 0 Å². The largest absolute Gasteiger partial charge is 0.325 e. The summed E-state index contributed by atoms with van der Waals surface area (Å²) in [6.45, 7) is 3.73. The quantitative estimate of drug-likeness (QED) is 0.598. The summed E-state index contributed by atoms with van der Waals surface area (Å²) >= 11 is 6.14.